The van der Waals surface area contributed by atoms with Gasteiger partial charge in [-0.2, -0.15) is 0 Å². The fourth-order valence-corrected chi connectivity index (χ4v) is 2.99. The summed E-state index contributed by atoms with van der Waals surface area (Å²) in [7, 11) is 0. The first-order valence-corrected chi connectivity index (χ1v) is 8.31. The second-order valence-corrected chi connectivity index (χ2v) is 5.95. The van der Waals surface area contributed by atoms with Crippen molar-refractivity contribution in [3.8, 4) is 5.75 Å². The van der Waals surface area contributed by atoms with Crippen LogP contribution in [0.5, 0.6) is 5.75 Å². The maximum atomic E-state index is 11.7. The van der Waals surface area contributed by atoms with E-state index in [-0.39, 0.29) is 0 Å². The summed E-state index contributed by atoms with van der Waals surface area (Å²) < 4.78 is 16.9. The molecule has 0 fully saturated rings. The molecule has 1 aliphatic rings. The molecule has 0 radical (unpaired) electrons. The second kappa shape index (κ2) is 7.15. The molecule has 0 saturated heterocycles. The maximum absolute atomic E-state index is 11.7. The van der Waals surface area contributed by atoms with Gasteiger partial charge in [0, 0.05) is 36.4 Å². The first kappa shape index (κ1) is 17.3. The minimum Gasteiger partial charge on any atom is -0.453 e. The number of fused-ring (bicyclic) bond motifs is 2. The normalized spacial score (nSPS) is 18.2. The highest BCUT2D eigenvalue weighted by Gasteiger charge is 2.33. The molecule has 2 aromatic rings. The van der Waals surface area contributed by atoms with E-state index in [1.807, 2.05) is 30.3 Å². The zero-order valence-electron chi connectivity index (χ0n) is 13.8. The van der Waals surface area contributed by atoms with Gasteiger partial charge in [0.1, 0.15) is 5.75 Å². The van der Waals surface area contributed by atoms with Crippen molar-refractivity contribution < 1.29 is 23.8 Å². The summed E-state index contributed by atoms with van der Waals surface area (Å²) in [5, 5.41) is 0. The molecule has 25 heavy (non-hydrogen) atoms. The monoisotopic (exact) mass is 360 g/mol. The average Bonchev–Trinajstić information content (AvgIpc) is 2.69. The molecule has 0 bridgehead atoms. The summed E-state index contributed by atoms with van der Waals surface area (Å²) in [6.07, 6.45) is -1.59. The van der Waals surface area contributed by atoms with Crippen molar-refractivity contribution >= 4 is 23.5 Å². The number of hydrogen-bond donors (Lipinski definition) is 0. The number of halogens is 1. The van der Waals surface area contributed by atoms with Crippen LogP contribution in [0.4, 0.5) is 0 Å². The third kappa shape index (κ3) is 3.61. The lowest BCUT2D eigenvalue weighted by atomic mass is 9.96. The van der Waals surface area contributed by atoms with Crippen LogP contribution in [-0.2, 0) is 24.9 Å². The van der Waals surface area contributed by atoms with Crippen molar-refractivity contribution in [3.63, 3.8) is 0 Å². The van der Waals surface area contributed by atoms with Crippen LogP contribution in [-0.4, -0.2) is 11.9 Å². The first-order valence-electron chi connectivity index (χ1n) is 7.78. The molecule has 0 saturated carbocycles. The van der Waals surface area contributed by atoms with Gasteiger partial charge in [0.25, 0.3) is 6.29 Å². The van der Waals surface area contributed by atoms with E-state index in [0.717, 1.165) is 5.56 Å². The van der Waals surface area contributed by atoms with Crippen LogP contribution in [0.3, 0.4) is 0 Å². The van der Waals surface area contributed by atoms with Crippen molar-refractivity contribution in [1.29, 1.82) is 0 Å². The van der Waals surface area contributed by atoms with Crippen molar-refractivity contribution in [2.24, 2.45) is 0 Å². The van der Waals surface area contributed by atoms with E-state index in [1.54, 1.807) is 12.1 Å². The lowest BCUT2D eigenvalue weighted by Crippen LogP contribution is -2.16. The standard InChI is InChI=1S/C19H17ClO5/c1-11(21)23-18-14-5-3-4-6-15(14)19(24-12(2)22)25-17-9-13(10-20)7-8-16(17)18/h3-9,18-19H,10H2,1-2H3. The van der Waals surface area contributed by atoms with Gasteiger partial charge in [-0.1, -0.05) is 36.4 Å². The molecule has 0 amide bonds. The third-order valence-electron chi connectivity index (χ3n) is 3.84. The molecular formula is C19H17ClO5. The summed E-state index contributed by atoms with van der Waals surface area (Å²) in [5.74, 6) is -0.120. The summed E-state index contributed by atoms with van der Waals surface area (Å²) in [5.41, 5.74) is 2.86. The SMILES string of the molecule is CC(=O)OC1Oc2cc(CCl)ccc2C(OC(C)=O)c2ccccc21. The number of benzene rings is 2. The lowest BCUT2D eigenvalue weighted by Gasteiger charge is -2.19. The van der Waals surface area contributed by atoms with Crippen LogP contribution >= 0.6 is 11.6 Å². The molecule has 1 aliphatic heterocycles. The van der Waals surface area contributed by atoms with Crippen LogP contribution in [0.1, 0.15) is 48.5 Å². The van der Waals surface area contributed by atoms with Crippen molar-refractivity contribution in [2.45, 2.75) is 32.1 Å². The molecule has 1 heterocycles. The summed E-state index contributed by atoms with van der Waals surface area (Å²) >= 11 is 5.91. The van der Waals surface area contributed by atoms with Crippen LogP contribution in [0, 0.1) is 0 Å². The summed E-state index contributed by atoms with van der Waals surface area (Å²) in [4.78, 5) is 23.2. The number of carbonyl (C=O) groups excluding carboxylic acids is 2. The number of esters is 2. The fraction of sp³-hybridized carbons (Fsp3) is 0.263. The Hall–Kier alpha value is -2.53. The molecule has 6 heteroatoms. The van der Waals surface area contributed by atoms with Gasteiger partial charge in [0.05, 0.1) is 0 Å². The van der Waals surface area contributed by atoms with Gasteiger partial charge in [-0.05, 0) is 11.6 Å². The fourth-order valence-electron chi connectivity index (χ4n) is 2.82. The average molecular weight is 361 g/mol. The Labute approximate surface area is 150 Å². The molecular weight excluding hydrogens is 344 g/mol. The predicted molar refractivity (Wildman–Crippen MR) is 91.2 cm³/mol. The van der Waals surface area contributed by atoms with Crippen LogP contribution in [0.15, 0.2) is 42.5 Å². The Balaban J connectivity index is 2.19. The Morgan fingerprint density at radius 3 is 2.32 bits per heavy atom. The van der Waals surface area contributed by atoms with Gasteiger partial charge in [-0.3, -0.25) is 9.59 Å². The van der Waals surface area contributed by atoms with Gasteiger partial charge in [-0.25, -0.2) is 0 Å². The van der Waals surface area contributed by atoms with Crippen LogP contribution < -0.4 is 4.74 Å². The predicted octanol–water partition coefficient (Wildman–Crippen LogP) is 4.03. The smallest absolute Gasteiger partial charge is 0.305 e. The Morgan fingerprint density at radius 1 is 1.00 bits per heavy atom. The highest BCUT2D eigenvalue weighted by molar-refractivity contribution is 6.17. The number of carbonyl (C=O) groups is 2. The third-order valence-corrected chi connectivity index (χ3v) is 4.15. The van der Waals surface area contributed by atoms with Gasteiger partial charge < -0.3 is 14.2 Å². The minimum atomic E-state index is -0.932. The van der Waals surface area contributed by atoms with E-state index in [9.17, 15) is 9.59 Å². The van der Waals surface area contributed by atoms with E-state index < -0.39 is 24.3 Å². The molecule has 0 N–H and O–H groups in total. The second-order valence-electron chi connectivity index (χ2n) is 5.68. The van der Waals surface area contributed by atoms with Crippen LogP contribution in [0.25, 0.3) is 0 Å². The minimum absolute atomic E-state index is 0.306. The van der Waals surface area contributed by atoms with E-state index >= 15 is 0 Å². The van der Waals surface area contributed by atoms with Gasteiger partial charge in [-0.15, -0.1) is 11.6 Å². The van der Waals surface area contributed by atoms with Crippen molar-refractivity contribution in [3.05, 3.63) is 64.7 Å². The molecule has 3 rings (SSSR count). The maximum Gasteiger partial charge on any atom is 0.305 e. The van der Waals surface area contributed by atoms with E-state index in [0.29, 0.717) is 28.3 Å². The number of alkyl halides is 1. The lowest BCUT2D eigenvalue weighted by molar-refractivity contribution is -0.162. The zero-order valence-corrected chi connectivity index (χ0v) is 14.6. The first-order chi connectivity index (χ1) is 12.0. The molecule has 2 unspecified atom stereocenters. The highest BCUT2D eigenvalue weighted by atomic mass is 35.5. The van der Waals surface area contributed by atoms with Gasteiger partial charge in [0.2, 0.25) is 0 Å². The molecule has 5 nitrogen and oxygen atoms in total. The molecule has 0 aromatic heterocycles. The van der Waals surface area contributed by atoms with Crippen molar-refractivity contribution in [2.75, 3.05) is 0 Å². The number of rotatable bonds is 3. The van der Waals surface area contributed by atoms with Crippen LogP contribution in [0.2, 0.25) is 0 Å². The largest absolute Gasteiger partial charge is 0.453 e. The molecule has 2 atom stereocenters. The molecule has 0 aliphatic carbocycles. The summed E-state index contributed by atoms with van der Waals surface area (Å²) in [6.45, 7) is 2.67. The molecule has 130 valence electrons. The topological polar surface area (TPSA) is 61.8 Å². The Morgan fingerprint density at radius 2 is 1.68 bits per heavy atom. The number of ether oxygens (including phenoxy) is 3. The molecule has 0 spiro atoms. The van der Waals surface area contributed by atoms with Gasteiger partial charge >= 0.3 is 11.9 Å². The van der Waals surface area contributed by atoms with E-state index in [1.165, 1.54) is 13.8 Å². The zero-order chi connectivity index (χ0) is 18.0. The Bertz CT molecular complexity index is 817. The Kier molecular flexibility index (Phi) is 4.95. The quantitative estimate of drug-likeness (QED) is 0.610. The van der Waals surface area contributed by atoms with E-state index in [4.69, 9.17) is 25.8 Å². The number of hydrogen-bond acceptors (Lipinski definition) is 5. The highest BCUT2D eigenvalue weighted by Crippen LogP contribution is 2.42. The van der Waals surface area contributed by atoms with Crippen molar-refractivity contribution in [1.82, 2.24) is 0 Å². The van der Waals surface area contributed by atoms with Gasteiger partial charge in [0.15, 0.2) is 6.10 Å². The summed E-state index contributed by atoms with van der Waals surface area (Å²) in [6, 6.07) is 12.7. The van der Waals surface area contributed by atoms with E-state index in [2.05, 4.69) is 0 Å². The molecule has 2 aromatic carbocycles.